The number of hydrogen-bond donors (Lipinski definition) is 2. The van der Waals surface area contributed by atoms with Gasteiger partial charge < -0.3 is 10.5 Å². The van der Waals surface area contributed by atoms with Crippen LogP contribution in [0.2, 0.25) is 0 Å². The lowest BCUT2D eigenvalue weighted by Gasteiger charge is -2.07. The third-order valence-corrected chi connectivity index (χ3v) is 4.32. The van der Waals surface area contributed by atoms with Crippen LogP contribution in [-0.4, -0.2) is 15.0 Å². The van der Waals surface area contributed by atoms with Crippen molar-refractivity contribution in [1.29, 1.82) is 0 Å². The first-order valence-corrected chi connectivity index (χ1v) is 6.14. The summed E-state index contributed by atoms with van der Waals surface area (Å²) in [6.45, 7) is 0.834. The highest BCUT2D eigenvalue weighted by Crippen LogP contribution is 2.40. The van der Waals surface area contributed by atoms with Gasteiger partial charge in [-0.1, -0.05) is 0 Å². The van der Waals surface area contributed by atoms with E-state index in [1.54, 1.807) is 6.07 Å². The van der Waals surface area contributed by atoms with Crippen LogP contribution in [0.25, 0.3) is 0 Å². The molecule has 0 saturated heterocycles. The van der Waals surface area contributed by atoms with Crippen molar-refractivity contribution in [1.82, 2.24) is 4.72 Å². The first-order chi connectivity index (χ1) is 7.09. The highest BCUT2D eigenvalue weighted by Gasteiger charge is 2.33. The summed E-state index contributed by atoms with van der Waals surface area (Å²) in [6.07, 6.45) is 0.615. The molecule has 0 bridgehead atoms. The summed E-state index contributed by atoms with van der Waals surface area (Å²) in [6, 6.07) is 1.68. The van der Waals surface area contributed by atoms with Crippen molar-refractivity contribution in [3.8, 4) is 5.75 Å². The summed E-state index contributed by atoms with van der Waals surface area (Å²) in [5.41, 5.74) is 7.79. The van der Waals surface area contributed by atoms with Crippen molar-refractivity contribution >= 4 is 15.7 Å². The second kappa shape index (κ2) is 2.65. The van der Waals surface area contributed by atoms with Crippen LogP contribution in [0, 0.1) is 0 Å². The monoisotopic (exact) mass is 226 g/mol. The van der Waals surface area contributed by atoms with E-state index in [4.69, 9.17) is 10.5 Å². The Morgan fingerprint density at radius 2 is 2.27 bits per heavy atom. The number of ether oxygens (including phenoxy) is 1. The van der Waals surface area contributed by atoms with Gasteiger partial charge in [0.05, 0.1) is 17.2 Å². The predicted octanol–water partition coefficient (Wildman–Crippen LogP) is -0.00440. The average molecular weight is 226 g/mol. The second-order valence-corrected chi connectivity index (χ2v) is 5.39. The minimum absolute atomic E-state index is 0.329. The number of nitrogen functional groups attached to an aromatic ring is 1. The van der Waals surface area contributed by atoms with Gasteiger partial charge in [0.25, 0.3) is 0 Å². The molecule has 0 aromatic heterocycles. The van der Waals surface area contributed by atoms with E-state index in [0.717, 1.165) is 11.1 Å². The van der Waals surface area contributed by atoms with Gasteiger partial charge in [-0.25, -0.2) is 13.1 Å². The smallest absolute Gasteiger partial charge is 0.241 e. The van der Waals surface area contributed by atoms with E-state index in [0.29, 0.717) is 35.9 Å². The van der Waals surface area contributed by atoms with Gasteiger partial charge >= 0.3 is 0 Å². The van der Waals surface area contributed by atoms with E-state index < -0.39 is 10.0 Å². The molecule has 0 unspecified atom stereocenters. The van der Waals surface area contributed by atoms with E-state index in [1.807, 2.05) is 0 Å². The first-order valence-electron chi connectivity index (χ1n) is 4.66. The van der Waals surface area contributed by atoms with Crippen molar-refractivity contribution in [2.24, 2.45) is 0 Å². The molecule has 0 amide bonds. The van der Waals surface area contributed by atoms with Crippen molar-refractivity contribution in [2.45, 2.75) is 17.9 Å². The van der Waals surface area contributed by atoms with Crippen LogP contribution >= 0.6 is 0 Å². The average Bonchev–Trinajstić information content (AvgIpc) is 2.71. The Morgan fingerprint density at radius 1 is 1.47 bits per heavy atom. The highest BCUT2D eigenvalue weighted by molar-refractivity contribution is 7.89. The Kier molecular flexibility index (Phi) is 1.59. The molecular weight excluding hydrogens is 216 g/mol. The molecule has 0 atom stereocenters. The fraction of sp³-hybridized carbons (Fsp3) is 0.333. The van der Waals surface area contributed by atoms with E-state index in [-0.39, 0.29) is 0 Å². The lowest BCUT2D eigenvalue weighted by atomic mass is 10.1. The first kappa shape index (κ1) is 8.99. The summed E-state index contributed by atoms with van der Waals surface area (Å²) >= 11 is 0. The van der Waals surface area contributed by atoms with E-state index >= 15 is 0 Å². The molecule has 3 rings (SSSR count). The lowest BCUT2D eigenvalue weighted by Crippen LogP contribution is -2.14. The maximum absolute atomic E-state index is 11.7. The van der Waals surface area contributed by atoms with Crippen molar-refractivity contribution in [3.05, 3.63) is 17.2 Å². The normalized spacial score (nSPS) is 20.8. The van der Waals surface area contributed by atoms with Crippen molar-refractivity contribution in [2.75, 3.05) is 12.3 Å². The fourth-order valence-corrected chi connectivity index (χ4v) is 3.64. The molecule has 3 N–H and O–H groups in total. The Morgan fingerprint density at radius 3 is 3.07 bits per heavy atom. The molecule has 0 saturated carbocycles. The van der Waals surface area contributed by atoms with Gasteiger partial charge in [-0.05, 0) is 11.6 Å². The van der Waals surface area contributed by atoms with Gasteiger partial charge in [-0.3, -0.25) is 0 Å². The molecule has 2 aliphatic rings. The number of benzene rings is 1. The van der Waals surface area contributed by atoms with Gasteiger partial charge in [0.1, 0.15) is 5.75 Å². The summed E-state index contributed by atoms with van der Waals surface area (Å²) in [4.78, 5) is 0.379. The van der Waals surface area contributed by atoms with Crippen molar-refractivity contribution < 1.29 is 13.2 Å². The van der Waals surface area contributed by atoms with Crippen LogP contribution in [-0.2, 0) is 23.0 Å². The number of fused-ring (bicyclic) bond motifs is 3. The van der Waals surface area contributed by atoms with Crippen LogP contribution in [0.15, 0.2) is 11.0 Å². The maximum atomic E-state index is 11.7. The van der Waals surface area contributed by atoms with E-state index in [9.17, 15) is 8.42 Å². The zero-order valence-electron chi connectivity index (χ0n) is 7.91. The standard InChI is InChI=1S/C9H10N2O3S/c10-7-3-5-4-11-15(12,13)9(5)6-1-2-14-8(6)7/h3,11H,1-2,4,10H2. The summed E-state index contributed by atoms with van der Waals surface area (Å²) in [5.74, 6) is 0.543. The molecule has 0 fully saturated rings. The number of rotatable bonds is 0. The molecule has 2 heterocycles. The predicted molar refractivity (Wildman–Crippen MR) is 54.1 cm³/mol. The Balaban J connectivity index is 2.40. The summed E-state index contributed by atoms with van der Waals surface area (Å²) < 4.78 is 31.2. The quantitative estimate of drug-likeness (QED) is 0.610. The van der Waals surface area contributed by atoms with Crippen LogP contribution in [0.4, 0.5) is 5.69 Å². The Hall–Kier alpha value is -1.27. The molecule has 6 heteroatoms. The molecule has 2 aliphatic heterocycles. The molecular formula is C9H10N2O3S. The van der Waals surface area contributed by atoms with E-state index in [2.05, 4.69) is 4.72 Å². The van der Waals surface area contributed by atoms with Crippen LogP contribution < -0.4 is 15.2 Å². The number of nitrogens with two attached hydrogens (primary N) is 1. The molecule has 0 radical (unpaired) electrons. The Bertz CT molecular complexity index is 551. The zero-order valence-corrected chi connectivity index (χ0v) is 8.73. The van der Waals surface area contributed by atoms with Gasteiger partial charge in [0.2, 0.25) is 10.0 Å². The van der Waals surface area contributed by atoms with Crippen molar-refractivity contribution in [3.63, 3.8) is 0 Å². The molecule has 0 spiro atoms. The Labute approximate surface area is 87.3 Å². The molecule has 15 heavy (non-hydrogen) atoms. The van der Waals surface area contributed by atoms with Gasteiger partial charge in [0.15, 0.2) is 0 Å². The second-order valence-electron chi connectivity index (χ2n) is 3.68. The molecule has 0 aliphatic carbocycles. The topological polar surface area (TPSA) is 81.4 Å². The minimum Gasteiger partial charge on any atom is -0.491 e. The number of hydrogen-bond acceptors (Lipinski definition) is 4. The minimum atomic E-state index is -3.33. The van der Waals surface area contributed by atoms with Crippen LogP contribution in [0.3, 0.4) is 0 Å². The lowest BCUT2D eigenvalue weighted by molar-refractivity contribution is 0.358. The van der Waals surface area contributed by atoms with Crippen LogP contribution in [0.1, 0.15) is 11.1 Å². The third kappa shape index (κ3) is 1.09. The largest absolute Gasteiger partial charge is 0.491 e. The number of anilines is 1. The fourth-order valence-electron chi connectivity index (χ4n) is 2.15. The van der Waals surface area contributed by atoms with Gasteiger partial charge in [0, 0.05) is 18.5 Å². The van der Waals surface area contributed by atoms with Crippen LogP contribution in [0.5, 0.6) is 5.75 Å². The summed E-state index contributed by atoms with van der Waals surface area (Å²) in [7, 11) is -3.33. The number of nitrogens with one attached hydrogen (secondary N) is 1. The highest BCUT2D eigenvalue weighted by atomic mass is 32.2. The van der Waals surface area contributed by atoms with Gasteiger partial charge in [-0.2, -0.15) is 0 Å². The molecule has 5 nitrogen and oxygen atoms in total. The van der Waals surface area contributed by atoms with E-state index in [1.165, 1.54) is 0 Å². The molecule has 1 aromatic carbocycles. The summed E-state index contributed by atoms with van der Waals surface area (Å²) in [5, 5.41) is 0. The number of sulfonamides is 1. The maximum Gasteiger partial charge on any atom is 0.241 e. The molecule has 80 valence electrons. The zero-order chi connectivity index (χ0) is 10.6. The third-order valence-electron chi connectivity index (χ3n) is 2.75. The van der Waals surface area contributed by atoms with Gasteiger partial charge in [-0.15, -0.1) is 0 Å². The molecule has 1 aromatic rings. The SMILES string of the molecule is Nc1cc2c(c3c1OCC3)S(=O)(=O)NC2.